The van der Waals surface area contributed by atoms with E-state index in [1.807, 2.05) is 6.21 Å². The standard InChI is InChI=1S/C25H32N6/c1-5-18-10-12-22-21(14-18)23-24(27-22)28-25(31-29-23)30-26-15-20-11-9-19(13-17(20)4)8-6-7-16(2)3/h7,9-10,12,14-15,17,20H,5-6,8,11,13H2,1-4H3,(H2,27,28,30,31)/b26-15-/t17-,20-/m1/s1. The van der Waals surface area contributed by atoms with E-state index in [0.29, 0.717) is 17.8 Å². The molecule has 1 aromatic carbocycles. The zero-order valence-electron chi connectivity index (χ0n) is 18.9. The summed E-state index contributed by atoms with van der Waals surface area (Å²) < 4.78 is 0. The van der Waals surface area contributed by atoms with Crippen molar-refractivity contribution in [3.63, 3.8) is 0 Å². The number of aromatic nitrogens is 4. The number of nitrogens with one attached hydrogen (secondary N) is 2. The van der Waals surface area contributed by atoms with Crippen molar-refractivity contribution >= 4 is 34.2 Å². The molecule has 0 fully saturated rings. The summed E-state index contributed by atoms with van der Waals surface area (Å²) in [5.74, 6) is 1.42. The fraction of sp³-hybridized carbons (Fsp3) is 0.440. The third-order valence-corrected chi connectivity index (χ3v) is 6.13. The van der Waals surface area contributed by atoms with Crippen molar-refractivity contribution in [2.24, 2.45) is 16.9 Å². The molecule has 6 nitrogen and oxygen atoms in total. The topological polar surface area (TPSA) is 78.9 Å². The largest absolute Gasteiger partial charge is 0.338 e. The first-order valence-corrected chi connectivity index (χ1v) is 11.3. The van der Waals surface area contributed by atoms with E-state index in [0.717, 1.165) is 47.8 Å². The number of aromatic amines is 1. The molecule has 0 saturated carbocycles. The van der Waals surface area contributed by atoms with E-state index in [9.17, 15) is 0 Å². The predicted molar refractivity (Wildman–Crippen MR) is 129 cm³/mol. The smallest absolute Gasteiger partial charge is 0.265 e. The van der Waals surface area contributed by atoms with Gasteiger partial charge >= 0.3 is 0 Å². The van der Waals surface area contributed by atoms with E-state index in [4.69, 9.17) is 0 Å². The van der Waals surface area contributed by atoms with Crippen LogP contribution in [0.15, 0.2) is 46.6 Å². The van der Waals surface area contributed by atoms with Gasteiger partial charge in [-0.3, -0.25) is 0 Å². The minimum Gasteiger partial charge on any atom is -0.338 e. The van der Waals surface area contributed by atoms with Crippen LogP contribution in [0.4, 0.5) is 5.95 Å². The highest BCUT2D eigenvalue weighted by Gasteiger charge is 2.20. The Morgan fingerprint density at radius 3 is 2.94 bits per heavy atom. The Morgan fingerprint density at radius 2 is 2.16 bits per heavy atom. The Labute approximate surface area is 184 Å². The summed E-state index contributed by atoms with van der Waals surface area (Å²) >= 11 is 0. The molecule has 3 aromatic rings. The quantitative estimate of drug-likeness (QED) is 0.274. The first-order chi connectivity index (χ1) is 15.0. The molecule has 0 bridgehead atoms. The van der Waals surface area contributed by atoms with Crippen LogP contribution >= 0.6 is 0 Å². The van der Waals surface area contributed by atoms with Crippen molar-refractivity contribution in [2.75, 3.05) is 5.43 Å². The molecule has 31 heavy (non-hydrogen) atoms. The third kappa shape index (κ3) is 5.01. The number of nitrogens with zero attached hydrogens (tertiary/aromatic N) is 4. The molecule has 1 aliphatic carbocycles. The second kappa shape index (κ2) is 9.41. The van der Waals surface area contributed by atoms with Crippen LogP contribution in [0.3, 0.4) is 0 Å². The van der Waals surface area contributed by atoms with Gasteiger partial charge in [0.1, 0.15) is 5.52 Å². The average Bonchev–Trinajstić information content (AvgIpc) is 3.12. The molecule has 2 heterocycles. The Hall–Kier alpha value is -3.02. The molecule has 0 saturated heterocycles. The predicted octanol–water partition coefficient (Wildman–Crippen LogP) is 6.19. The van der Waals surface area contributed by atoms with Gasteiger partial charge in [0.05, 0.1) is 0 Å². The van der Waals surface area contributed by atoms with Crippen LogP contribution < -0.4 is 5.43 Å². The van der Waals surface area contributed by atoms with E-state index in [-0.39, 0.29) is 0 Å². The summed E-state index contributed by atoms with van der Waals surface area (Å²) in [5.41, 5.74) is 9.76. The van der Waals surface area contributed by atoms with Gasteiger partial charge in [0.25, 0.3) is 5.95 Å². The maximum atomic E-state index is 4.56. The van der Waals surface area contributed by atoms with Gasteiger partial charge in [-0.1, -0.05) is 43.2 Å². The van der Waals surface area contributed by atoms with Crippen LogP contribution in [0.25, 0.3) is 22.1 Å². The number of aryl methyl sites for hydroxylation is 1. The fourth-order valence-electron chi connectivity index (χ4n) is 4.22. The van der Waals surface area contributed by atoms with E-state index < -0.39 is 0 Å². The Morgan fingerprint density at radius 1 is 1.29 bits per heavy atom. The number of H-pyrrole nitrogens is 1. The molecule has 0 radical (unpaired) electrons. The molecular formula is C25H32N6. The first kappa shape index (κ1) is 21.2. The Kier molecular flexibility index (Phi) is 6.44. The number of anilines is 1. The molecule has 2 atom stereocenters. The molecule has 0 amide bonds. The van der Waals surface area contributed by atoms with Gasteiger partial charge in [-0.2, -0.15) is 10.1 Å². The lowest BCUT2D eigenvalue weighted by molar-refractivity contribution is 0.431. The van der Waals surface area contributed by atoms with Gasteiger partial charge in [0, 0.05) is 23.0 Å². The second-order valence-electron chi connectivity index (χ2n) is 8.84. The molecule has 0 spiro atoms. The second-order valence-corrected chi connectivity index (χ2v) is 8.84. The molecule has 4 rings (SSSR count). The van der Waals surface area contributed by atoms with Gasteiger partial charge in [-0.15, -0.1) is 10.2 Å². The van der Waals surface area contributed by atoms with Gasteiger partial charge in [-0.25, -0.2) is 5.43 Å². The van der Waals surface area contributed by atoms with Crippen molar-refractivity contribution in [3.8, 4) is 0 Å². The molecule has 6 heteroatoms. The number of benzene rings is 1. The number of fused-ring (bicyclic) bond motifs is 3. The van der Waals surface area contributed by atoms with E-state index in [2.05, 4.69) is 88.7 Å². The third-order valence-electron chi connectivity index (χ3n) is 6.13. The zero-order chi connectivity index (χ0) is 21.8. The minimum atomic E-state index is 0.410. The van der Waals surface area contributed by atoms with Gasteiger partial charge in [-0.05, 0) is 69.6 Å². The lowest BCUT2D eigenvalue weighted by atomic mass is 9.80. The van der Waals surface area contributed by atoms with Crippen LogP contribution in [-0.2, 0) is 6.42 Å². The maximum absolute atomic E-state index is 4.56. The molecule has 0 aliphatic heterocycles. The number of rotatable bonds is 7. The fourth-order valence-corrected chi connectivity index (χ4v) is 4.22. The van der Waals surface area contributed by atoms with E-state index >= 15 is 0 Å². The van der Waals surface area contributed by atoms with Crippen molar-refractivity contribution in [1.29, 1.82) is 0 Å². The summed E-state index contributed by atoms with van der Waals surface area (Å²) in [6.45, 7) is 8.78. The Bertz CT molecular complexity index is 1150. The molecule has 2 aromatic heterocycles. The zero-order valence-corrected chi connectivity index (χ0v) is 18.9. The number of hydrogen-bond donors (Lipinski definition) is 2. The molecule has 162 valence electrons. The first-order valence-electron chi connectivity index (χ1n) is 11.3. The number of hydrazone groups is 1. The van der Waals surface area contributed by atoms with Crippen LogP contribution in [0.5, 0.6) is 0 Å². The van der Waals surface area contributed by atoms with Crippen LogP contribution in [0.2, 0.25) is 0 Å². The highest BCUT2D eigenvalue weighted by atomic mass is 15.4. The van der Waals surface area contributed by atoms with Crippen LogP contribution in [-0.4, -0.2) is 26.4 Å². The molecule has 0 unspecified atom stereocenters. The molecule has 2 N–H and O–H groups in total. The maximum Gasteiger partial charge on any atom is 0.265 e. The van der Waals surface area contributed by atoms with Gasteiger partial charge < -0.3 is 4.98 Å². The van der Waals surface area contributed by atoms with Crippen molar-refractivity contribution in [3.05, 3.63) is 47.1 Å². The van der Waals surface area contributed by atoms with Crippen LogP contribution in [0, 0.1) is 11.8 Å². The highest BCUT2D eigenvalue weighted by Crippen LogP contribution is 2.30. The minimum absolute atomic E-state index is 0.410. The molecular weight excluding hydrogens is 384 g/mol. The average molecular weight is 417 g/mol. The van der Waals surface area contributed by atoms with Gasteiger partial charge in [0.2, 0.25) is 0 Å². The Balaban J connectivity index is 1.40. The van der Waals surface area contributed by atoms with Crippen molar-refractivity contribution in [2.45, 2.75) is 59.8 Å². The molecule has 1 aliphatic rings. The summed E-state index contributed by atoms with van der Waals surface area (Å²) in [7, 11) is 0. The van der Waals surface area contributed by atoms with Crippen molar-refractivity contribution < 1.29 is 0 Å². The number of hydrogen-bond acceptors (Lipinski definition) is 5. The van der Waals surface area contributed by atoms with E-state index in [1.165, 1.54) is 17.6 Å². The summed E-state index contributed by atoms with van der Waals surface area (Å²) in [6.07, 6.45) is 12.2. The summed E-state index contributed by atoms with van der Waals surface area (Å²) in [6, 6.07) is 6.36. The summed E-state index contributed by atoms with van der Waals surface area (Å²) in [5, 5.41) is 14.1. The van der Waals surface area contributed by atoms with Crippen LogP contribution in [0.1, 0.15) is 58.9 Å². The SMILES string of the molecule is CCc1ccc2[nH]c3nc(N/N=C\[C@H]4CC=C(CCC=C(C)C)C[C@H]4C)nnc3c2c1. The van der Waals surface area contributed by atoms with E-state index in [1.54, 1.807) is 5.57 Å². The monoisotopic (exact) mass is 416 g/mol. The van der Waals surface area contributed by atoms with Crippen molar-refractivity contribution in [1.82, 2.24) is 20.2 Å². The lowest BCUT2D eigenvalue weighted by Crippen LogP contribution is -2.18. The lowest BCUT2D eigenvalue weighted by Gasteiger charge is -2.25. The van der Waals surface area contributed by atoms with Gasteiger partial charge in [0.15, 0.2) is 5.65 Å². The normalized spacial score (nSPS) is 19.2. The number of allylic oxidation sites excluding steroid dienone is 4. The highest BCUT2D eigenvalue weighted by molar-refractivity contribution is 6.03. The summed E-state index contributed by atoms with van der Waals surface area (Å²) in [4.78, 5) is 7.89.